The third-order valence-corrected chi connectivity index (χ3v) is 4.78. The number of hydrogen-bond donors (Lipinski definition) is 1. The molecule has 0 spiro atoms. The van der Waals surface area contributed by atoms with Crippen LogP contribution < -0.4 is 0 Å². The Kier molecular flexibility index (Phi) is 4.97. The molecule has 1 saturated carbocycles. The monoisotopic (exact) mass is 300 g/mol. The Morgan fingerprint density at radius 2 is 1.81 bits per heavy atom. The summed E-state index contributed by atoms with van der Waals surface area (Å²) >= 11 is 0. The molecular weight excluding hydrogens is 277 g/mol. The van der Waals surface area contributed by atoms with E-state index in [1.165, 1.54) is 0 Å². The molecule has 0 aliphatic heterocycles. The number of hydrogen-bond acceptors (Lipinski definition) is 1. The van der Waals surface area contributed by atoms with Crippen LogP contribution in [0.1, 0.15) is 42.4 Å². The summed E-state index contributed by atoms with van der Waals surface area (Å²) in [7, 11) is 0. The van der Waals surface area contributed by atoms with Crippen molar-refractivity contribution >= 4 is 0 Å². The number of benzene rings is 1. The van der Waals surface area contributed by atoms with Crippen LogP contribution in [0.5, 0.6) is 0 Å². The molecule has 0 heterocycles. The van der Waals surface area contributed by atoms with E-state index in [9.17, 15) is 18.3 Å². The van der Waals surface area contributed by atoms with E-state index in [0.717, 1.165) is 16.7 Å². The summed E-state index contributed by atoms with van der Waals surface area (Å²) in [5.41, 5.74) is 3.26. The second kappa shape index (κ2) is 6.39. The minimum atomic E-state index is -4.13. The number of halogens is 3. The zero-order chi connectivity index (χ0) is 15.6. The van der Waals surface area contributed by atoms with Gasteiger partial charge in [-0.05, 0) is 62.1 Å². The van der Waals surface area contributed by atoms with Crippen molar-refractivity contribution in [2.75, 3.05) is 0 Å². The lowest BCUT2D eigenvalue weighted by atomic mass is 9.76. The summed E-state index contributed by atoms with van der Waals surface area (Å²) in [6, 6.07) is 5.92. The number of alkyl halides is 3. The van der Waals surface area contributed by atoms with Crippen molar-refractivity contribution in [3.8, 4) is 0 Å². The van der Waals surface area contributed by atoms with Crippen molar-refractivity contribution in [3.63, 3.8) is 0 Å². The molecule has 0 bridgehead atoms. The van der Waals surface area contributed by atoms with Gasteiger partial charge in [-0.15, -0.1) is 0 Å². The van der Waals surface area contributed by atoms with Crippen molar-refractivity contribution in [3.05, 3.63) is 34.9 Å². The first-order chi connectivity index (χ1) is 9.79. The molecule has 1 aromatic carbocycles. The summed E-state index contributed by atoms with van der Waals surface area (Å²) < 4.78 is 38.6. The highest BCUT2D eigenvalue weighted by Gasteiger charge is 2.43. The summed E-state index contributed by atoms with van der Waals surface area (Å²) in [5, 5.41) is 10.4. The molecule has 0 amide bonds. The SMILES string of the molecule is Cc1cccc(C)c1CC(O)C1CCCC(C(F)(F)F)C1. The predicted molar refractivity (Wildman–Crippen MR) is 77.1 cm³/mol. The van der Waals surface area contributed by atoms with Gasteiger partial charge in [0.15, 0.2) is 0 Å². The number of aliphatic hydroxyl groups excluding tert-OH is 1. The standard InChI is InChI=1S/C17H23F3O/c1-11-5-3-6-12(2)15(11)10-16(21)13-7-4-8-14(9-13)17(18,19)20/h3,5-6,13-14,16,21H,4,7-10H2,1-2H3. The van der Waals surface area contributed by atoms with E-state index in [0.29, 0.717) is 19.3 Å². The first-order valence-electron chi connectivity index (χ1n) is 7.59. The van der Waals surface area contributed by atoms with Crippen LogP contribution in [-0.4, -0.2) is 17.4 Å². The summed E-state index contributed by atoms with van der Waals surface area (Å²) in [6.45, 7) is 3.96. The highest BCUT2D eigenvalue weighted by molar-refractivity contribution is 5.34. The van der Waals surface area contributed by atoms with Crippen LogP contribution in [0.3, 0.4) is 0 Å². The number of aliphatic hydroxyl groups is 1. The van der Waals surface area contributed by atoms with Crippen LogP contribution in [0.15, 0.2) is 18.2 Å². The quantitative estimate of drug-likeness (QED) is 0.866. The Morgan fingerprint density at radius 3 is 2.38 bits per heavy atom. The molecule has 4 heteroatoms. The smallest absolute Gasteiger partial charge is 0.391 e. The lowest BCUT2D eigenvalue weighted by Gasteiger charge is -2.33. The Morgan fingerprint density at radius 1 is 1.19 bits per heavy atom. The molecule has 0 saturated heterocycles. The molecule has 2 rings (SSSR count). The van der Waals surface area contributed by atoms with E-state index in [2.05, 4.69) is 0 Å². The van der Waals surface area contributed by atoms with Gasteiger partial charge >= 0.3 is 6.18 Å². The molecule has 0 aromatic heterocycles. The minimum Gasteiger partial charge on any atom is -0.392 e. The second-order valence-electron chi connectivity index (χ2n) is 6.31. The maximum Gasteiger partial charge on any atom is 0.391 e. The largest absolute Gasteiger partial charge is 0.392 e. The van der Waals surface area contributed by atoms with Gasteiger partial charge < -0.3 is 5.11 Å². The lowest BCUT2D eigenvalue weighted by Crippen LogP contribution is -2.34. The molecule has 3 atom stereocenters. The fraction of sp³-hybridized carbons (Fsp3) is 0.647. The number of aryl methyl sites for hydroxylation is 2. The molecule has 1 aliphatic carbocycles. The van der Waals surface area contributed by atoms with Gasteiger partial charge in [-0.3, -0.25) is 0 Å². The molecule has 1 nitrogen and oxygen atoms in total. The van der Waals surface area contributed by atoms with Crippen molar-refractivity contribution < 1.29 is 18.3 Å². The average molecular weight is 300 g/mol. The average Bonchev–Trinajstić information content (AvgIpc) is 2.42. The van der Waals surface area contributed by atoms with Crippen LogP contribution >= 0.6 is 0 Å². The van der Waals surface area contributed by atoms with Gasteiger partial charge in [-0.1, -0.05) is 24.6 Å². The van der Waals surface area contributed by atoms with Crippen molar-refractivity contribution in [1.29, 1.82) is 0 Å². The molecule has 3 unspecified atom stereocenters. The van der Waals surface area contributed by atoms with E-state index in [-0.39, 0.29) is 18.8 Å². The lowest BCUT2D eigenvalue weighted by molar-refractivity contribution is -0.188. The van der Waals surface area contributed by atoms with Gasteiger partial charge in [0.25, 0.3) is 0 Å². The first-order valence-corrected chi connectivity index (χ1v) is 7.59. The third-order valence-electron chi connectivity index (χ3n) is 4.78. The summed E-state index contributed by atoms with van der Waals surface area (Å²) in [4.78, 5) is 0. The number of rotatable bonds is 3. The molecule has 0 radical (unpaired) electrons. The molecule has 1 N–H and O–H groups in total. The van der Waals surface area contributed by atoms with Crippen LogP contribution in [-0.2, 0) is 6.42 Å². The molecule has 118 valence electrons. The fourth-order valence-electron chi connectivity index (χ4n) is 3.42. The fourth-order valence-corrected chi connectivity index (χ4v) is 3.42. The van der Waals surface area contributed by atoms with Gasteiger partial charge in [0.2, 0.25) is 0 Å². The van der Waals surface area contributed by atoms with Crippen LogP contribution in [0, 0.1) is 25.7 Å². The summed E-state index contributed by atoms with van der Waals surface area (Å²) in [6.07, 6.45) is -2.84. The van der Waals surface area contributed by atoms with E-state index in [1.807, 2.05) is 32.0 Å². The normalized spacial score (nSPS) is 24.9. The van der Waals surface area contributed by atoms with Crippen molar-refractivity contribution in [2.45, 2.75) is 58.2 Å². The van der Waals surface area contributed by atoms with Gasteiger partial charge in [0, 0.05) is 0 Å². The summed E-state index contributed by atoms with van der Waals surface area (Å²) in [5.74, 6) is -1.49. The maximum atomic E-state index is 12.9. The maximum absolute atomic E-state index is 12.9. The minimum absolute atomic E-state index is 0.0651. The molecule has 21 heavy (non-hydrogen) atoms. The van der Waals surface area contributed by atoms with Crippen LogP contribution in [0.25, 0.3) is 0 Å². The van der Waals surface area contributed by atoms with E-state index in [4.69, 9.17) is 0 Å². The van der Waals surface area contributed by atoms with Crippen LogP contribution in [0.2, 0.25) is 0 Å². The first kappa shape index (κ1) is 16.3. The zero-order valence-corrected chi connectivity index (χ0v) is 12.6. The van der Waals surface area contributed by atoms with E-state index >= 15 is 0 Å². The van der Waals surface area contributed by atoms with Crippen LogP contribution in [0.4, 0.5) is 13.2 Å². The Hall–Kier alpha value is -1.03. The zero-order valence-electron chi connectivity index (χ0n) is 12.6. The second-order valence-corrected chi connectivity index (χ2v) is 6.31. The highest BCUT2D eigenvalue weighted by atomic mass is 19.4. The van der Waals surface area contributed by atoms with Gasteiger partial charge in [-0.2, -0.15) is 13.2 Å². The van der Waals surface area contributed by atoms with Gasteiger partial charge in [0.05, 0.1) is 12.0 Å². The topological polar surface area (TPSA) is 20.2 Å². The highest BCUT2D eigenvalue weighted by Crippen LogP contribution is 2.41. The van der Waals surface area contributed by atoms with Crippen molar-refractivity contribution in [2.24, 2.45) is 11.8 Å². The van der Waals surface area contributed by atoms with Gasteiger partial charge in [-0.25, -0.2) is 0 Å². The Labute approximate surface area is 124 Å². The van der Waals surface area contributed by atoms with E-state index in [1.54, 1.807) is 0 Å². The third kappa shape index (κ3) is 4.00. The molecule has 1 fully saturated rings. The van der Waals surface area contributed by atoms with E-state index < -0.39 is 18.2 Å². The molecule has 1 aromatic rings. The Bertz CT molecular complexity index is 461. The molecular formula is C17H23F3O. The van der Waals surface area contributed by atoms with Gasteiger partial charge in [0.1, 0.15) is 0 Å². The Balaban J connectivity index is 2.05. The molecule has 1 aliphatic rings. The van der Waals surface area contributed by atoms with Crippen molar-refractivity contribution in [1.82, 2.24) is 0 Å². The predicted octanol–water partition coefficient (Wildman–Crippen LogP) is 4.58.